The van der Waals surface area contributed by atoms with E-state index < -0.39 is 0 Å². The molecule has 0 bridgehead atoms. The maximum Gasteiger partial charge on any atom is 0.223 e. The molecule has 0 aromatic heterocycles. The summed E-state index contributed by atoms with van der Waals surface area (Å²) in [5, 5.41) is 9.56. The number of nitrogens with one attached hydrogen (secondary N) is 3. The van der Waals surface area contributed by atoms with Crippen molar-refractivity contribution in [3.8, 4) is 0 Å². The van der Waals surface area contributed by atoms with E-state index in [1.165, 1.54) is 11.3 Å². The molecular formula is C23H39IN6O. The van der Waals surface area contributed by atoms with Crippen molar-refractivity contribution in [2.24, 2.45) is 10.9 Å². The minimum atomic E-state index is 0. The fraction of sp³-hybridized carbons (Fsp3) is 0.652. The predicted molar refractivity (Wildman–Crippen MR) is 140 cm³/mol. The highest BCUT2D eigenvalue weighted by Gasteiger charge is 2.28. The summed E-state index contributed by atoms with van der Waals surface area (Å²) in [7, 11) is 0. The Labute approximate surface area is 204 Å². The highest BCUT2D eigenvalue weighted by Crippen LogP contribution is 2.28. The average Bonchev–Trinajstić information content (AvgIpc) is 3.60. The van der Waals surface area contributed by atoms with Crippen LogP contribution in [0, 0.1) is 12.8 Å². The largest absolute Gasteiger partial charge is 0.369 e. The Morgan fingerprint density at radius 3 is 2.52 bits per heavy atom. The van der Waals surface area contributed by atoms with E-state index in [9.17, 15) is 4.79 Å². The van der Waals surface area contributed by atoms with Crippen LogP contribution in [0.4, 0.5) is 5.69 Å². The second-order valence-electron chi connectivity index (χ2n) is 8.27. The van der Waals surface area contributed by atoms with Crippen LogP contribution >= 0.6 is 24.0 Å². The SMILES string of the molecule is CCNC(=NCCCN1CCN(c2cccc(C)c2)CC1)NCCNC(=O)C1CC1.I. The third kappa shape index (κ3) is 9.22. The number of carbonyl (C=O) groups is 1. The number of aliphatic imine (C=N–C) groups is 1. The summed E-state index contributed by atoms with van der Waals surface area (Å²) in [6.45, 7) is 12.7. The third-order valence-corrected chi connectivity index (χ3v) is 5.65. The van der Waals surface area contributed by atoms with Crippen molar-refractivity contribution in [3.63, 3.8) is 0 Å². The van der Waals surface area contributed by atoms with Gasteiger partial charge in [0.2, 0.25) is 5.91 Å². The van der Waals surface area contributed by atoms with Crippen molar-refractivity contribution < 1.29 is 4.79 Å². The lowest BCUT2D eigenvalue weighted by Gasteiger charge is -2.36. The molecule has 31 heavy (non-hydrogen) atoms. The Morgan fingerprint density at radius 2 is 1.84 bits per heavy atom. The number of amides is 1. The summed E-state index contributed by atoms with van der Waals surface area (Å²) in [4.78, 5) is 21.4. The number of halogens is 1. The quantitative estimate of drug-likeness (QED) is 0.183. The molecule has 3 rings (SSSR count). The van der Waals surface area contributed by atoms with Gasteiger partial charge in [0.15, 0.2) is 5.96 Å². The standard InChI is InChI=1S/C23H38N6O.HI/c1-3-24-23(27-12-11-25-22(30)20-8-9-20)26-10-5-13-28-14-16-29(17-15-28)21-7-4-6-19(2)18-21;/h4,6-7,18,20H,3,5,8-17H2,1-2H3,(H,25,30)(H2,24,26,27);1H. The van der Waals surface area contributed by atoms with Gasteiger partial charge in [-0.05, 0) is 50.8 Å². The first-order valence-corrected chi connectivity index (χ1v) is 11.5. The molecule has 2 aliphatic rings. The number of anilines is 1. The van der Waals surface area contributed by atoms with E-state index in [1.807, 2.05) is 0 Å². The topological polar surface area (TPSA) is 72.0 Å². The molecule has 174 valence electrons. The van der Waals surface area contributed by atoms with Gasteiger partial charge in [-0.2, -0.15) is 0 Å². The summed E-state index contributed by atoms with van der Waals surface area (Å²) in [5.41, 5.74) is 2.66. The maximum absolute atomic E-state index is 11.7. The first kappa shape index (κ1) is 25.7. The number of rotatable bonds is 10. The number of piperazine rings is 1. The second-order valence-corrected chi connectivity index (χ2v) is 8.27. The van der Waals surface area contributed by atoms with E-state index in [4.69, 9.17) is 0 Å². The number of benzene rings is 1. The van der Waals surface area contributed by atoms with Crippen LogP contribution in [0.5, 0.6) is 0 Å². The van der Waals surface area contributed by atoms with E-state index in [2.05, 4.69) is 68.9 Å². The molecule has 1 amide bonds. The van der Waals surface area contributed by atoms with Crippen LogP contribution in [-0.4, -0.2) is 75.7 Å². The lowest BCUT2D eigenvalue weighted by atomic mass is 10.2. The van der Waals surface area contributed by atoms with Crippen molar-refractivity contribution >= 4 is 41.5 Å². The molecule has 1 aromatic rings. The van der Waals surface area contributed by atoms with Crippen LogP contribution in [0.25, 0.3) is 0 Å². The van der Waals surface area contributed by atoms with Crippen LogP contribution in [0.1, 0.15) is 31.7 Å². The van der Waals surface area contributed by atoms with Crippen molar-refractivity contribution in [1.29, 1.82) is 0 Å². The van der Waals surface area contributed by atoms with Gasteiger partial charge in [-0.25, -0.2) is 0 Å². The van der Waals surface area contributed by atoms with E-state index in [0.29, 0.717) is 13.1 Å². The Hall–Kier alpha value is -1.55. The normalized spacial score (nSPS) is 17.1. The van der Waals surface area contributed by atoms with Gasteiger partial charge in [0.25, 0.3) is 0 Å². The molecule has 1 saturated heterocycles. The first-order chi connectivity index (χ1) is 14.7. The molecule has 1 aromatic carbocycles. The predicted octanol–water partition coefficient (Wildman–Crippen LogP) is 2.21. The van der Waals surface area contributed by atoms with Gasteiger partial charge in [0.1, 0.15) is 0 Å². The fourth-order valence-electron chi connectivity index (χ4n) is 3.74. The van der Waals surface area contributed by atoms with Crippen LogP contribution in [0.3, 0.4) is 0 Å². The highest BCUT2D eigenvalue weighted by molar-refractivity contribution is 14.0. The molecule has 1 heterocycles. The van der Waals surface area contributed by atoms with Crippen LogP contribution < -0.4 is 20.9 Å². The lowest BCUT2D eigenvalue weighted by Crippen LogP contribution is -2.46. The van der Waals surface area contributed by atoms with Crippen LogP contribution in [-0.2, 0) is 4.79 Å². The van der Waals surface area contributed by atoms with Crippen molar-refractivity contribution in [1.82, 2.24) is 20.9 Å². The van der Waals surface area contributed by atoms with E-state index in [0.717, 1.165) is 71.0 Å². The van der Waals surface area contributed by atoms with Crippen LogP contribution in [0.2, 0.25) is 0 Å². The van der Waals surface area contributed by atoms with E-state index >= 15 is 0 Å². The lowest BCUT2D eigenvalue weighted by molar-refractivity contribution is -0.122. The average molecular weight is 543 g/mol. The zero-order chi connectivity index (χ0) is 21.2. The first-order valence-electron chi connectivity index (χ1n) is 11.5. The zero-order valence-corrected chi connectivity index (χ0v) is 21.4. The Bertz CT molecular complexity index is 701. The second kappa shape index (κ2) is 13.8. The minimum Gasteiger partial charge on any atom is -0.369 e. The third-order valence-electron chi connectivity index (χ3n) is 5.65. The molecular weight excluding hydrogens is 503 g/mol. The molecule has 1 aliphatic carbocycles. The van der Waals surface area contributed by atoms with Crippen molar-refractivity contribution in [2.75, 3.05) is 63.8 Å². The summed E-state index contributed by atoms with van der Waals surface area (Å²) in [5.74, 6) is 1.30. The molecule has 7 nitrogen and oxygen atoms in total. The number of nitrogens with zero attached hydrogens (tertiary/aromatic N) is 3. The van der Waals surface area contributed by atoms with Gasteiger partial charge >= 0.3 is 0 Å². The number of hydrogen-bond acceptors (Lipinski definition) is 4. The molecule has 0 atom stereocenters. The minimum absolute atomic E-state index is 0. The van der Waals surface area contributed by atoms with Gasteiger partial charge in [0.05, 0.1) is 0 Å². The number of guanidine groups is 1. The van der Waals surface area contributed by atoms with Gasteiger partial charge in [-0.3, -0.25) is 14.7 Å². The summed E-state index contributed by atoms with van der Waals surface area (Å²) in [6.07, 6.45) is 3.15. The molecule has 1 saturated carbocycles. The van der Waals surface area contributed by atoms with E-state index in [1.54, 1.807) is 0 Å². The number of aryl methyl sites for hydroxylation is 1. The van der Waals surface area contributed by atoms with Gasteiger partial charge < -0.3 is 20.9 Å². The molecule has 3 N–H and O–H groups in total. The number of hydrogen-bond donors (Lipinski definition) is 3. The van der Waals surface area contributed by atoms with Crippen molar-refractivity contribution in [3.05, 3.63) is 29.8 Å². The monoisotopic (exact) mass is 542 g/mol. The molecule has 0 unspecified atom stereocenters. The van der Waals surface area contributed by atoms with Gasteiger partial charge in [-0.15, -0.1) is 24.0 Å². The van der Waals surface area contributed by atoms with Crippen molar-refractivity contribution in [2.45, 2.75) is 33.1 Å². The van der Waals surface area contributed by atoms with Gasteiger partial charge in [-0.1, -0.05) is 12.1 Å². The smallest absolute Gasteiger partial charge is 0.223 e. The maximum atomic E-state index is 11.7. The fourth-order valence-corrected chi connectivity index (χ4v) is 3.74. The Morgan fingerprint density at radius 1 is 1.10 bits per heavy atom. The molecule has 1 aliphatic heterocycles. The number of carbonyl (C=O) groups excluding carboxylic acids is 1. The summed E-state index contributed by atoms with van der Waals surface area (Å²) < 4.78 is 0. The van der Waals surface area contributed by atoms with E-state index in [-0.39, 0.29) is 35.8 Å². The molecule has 0 spiro atoms. The Kier molecular flexibility index (Phi) is 11.4. The van der Waals surface area contributed by atoms with Gasteiger partial charge in [0, 0.05) is 70.5 Å². The Balaban J connectivity index is 0.00000341. The highest BCUT2D eigenvalue weighted by atomic mass is 127. The summed E-state index contributed by atoms with van der Waals surface area (Å²) in [6, 6.07) is 8.79. The zero-order valence-electron chi connectivity index (χ0n) is 19.0. The molecule has 8 heteroatoms. The summed E-state index contributed by atoms with van der Waals surface area (Å²) >= 11 is 0. The van der Waals surface area contributed by atoms with Crippen LogP contribution in [0.15, 0.2) is 29.3 Å². The molecule has 2 fully saturated rings. The molecule has 0 radical (unpaired) electrons.